The SMILES string of the molecule is CCN(CC)Cc1cc(C(=O)O)cc2c1OCOC2. The van der Waals surface area contributed by atoms with E-state index in [4.69, 9.17) is 14.6 Å². The molecule has 0 fully saturated rings. The number of hydrogen-bond donors (Lipinski definition) is 1. The van der Waals surface area contributed by atoms with Gasteiger partial charge in [0, 0.05) is 17.7 Å². The molecule has 1 aromatic rings. The lowest BCUT2D eigenvalue weighted by Gasteiger charge is -2.24. The first-order valence-electron chi connectivity index (χ1n) is 6.47. The highest BCUT2D eigenvalue weighted by atomic mass is 16.7. The largest absolute Gasteiger partial charge is 0.478 e. The van der Waals surface area contributed by atoms with Crippen LogP contribution in [0.2, 0.25) is 0 Å². The van der Waals surface area contributed by atoms with Crippen LogP contribution in [0.15, 0.2) is 12.1 Å². The third kappa shape index (κ3) is 3.05. The van der Waals surface area contributed by atoms with Crippen molar-refractivity contribution in [1.82, 2.24) is 4.90 Å². The molecule has 1 aliphatic heterocycles. The van der Waals surface area contributed by atoms with Gasteiger partial charge >= 0.3 is 5.97 Å². The van der Waals surface area contributed by atoms with E-state index in [0.29, 0.717) is 13.2 Å². The van der Waals surface area contributed by atoms with Gasteiger partial charge in [0.15, 0.2) is 6.79 Å². The van der Waals surface area contributed by atoms with Gasteiger partial charge in [0.2, 0.25) is 0 Å². The van der Waals surface area contributed by atoms with Gasteiger partial charge < -0.3 is 14.6 Å². The molecule has 5 heteroatoms. The van der Waals surface area contributed by atoms with E-state index < -0.39 is 5.97 Å². The Morgan fingerprint density at radius 2 is 2.11 bits per heavy atom. The van der Waals surface area contributed by atoms with Gasteiger partial charge in [-0.25, -0.2) is 4.79 Å². The fourth-order valence-electron chi connectivity index (χ4n) is 2.23. The summed E-state index contributed by atoms with van der Waals surface area (Å²) in [4.78, 5) is 13.4. The maximum atomic E-state index is 11.2. The molecule has 0 radical (unpaired) electrons. The standard InChI is InChI=1S/C14H19NO4/c1-3-15(4-2)7-11-5-10(14(16)17)6-12-8-18-9-19-13(11)12/h5-6H,3-4,7-9H2,1-2H3,(H,16,17). The average molecular weight is 265 g/mol. The number of hydrogen-bond acceptors (Lipinski definition) is 4. The number of rotatable bonds is 5. The molecule has 1 N–H and O–H groups in total. The number of aromatic carboxylic acids is 1. The van der Waals surface area contributed by atoms with Gasteiger partial charge in [-0.05, 0) is 25.2 Å². The van der Waals surface area contributed by atoms with E-state index in [0.717, 1.165) is 30.0 Å². The molecule has 0 unspecified atom stereocenters. The molecule has 2 rings (SSSR count). The van der Waals surface area contributed by atoms with Crippen LogP contribution in [0.5, 0.6) is 5.75 Å². The maximum absolute atomic E-state index is 11.2. The van der Waals surface area contributed by atoms with E-state index in [2.05, 4.69) is 18.7 Å². The summed E-state index contributed by atoms with van der Waals surface area (Å²) in [5.41, 5.74) is 2.02. The molecular weight excluding hydrogens is 246 g/mol. The molecule has 104 valence electrons. The highest BCUT2D eigenvalue weighted by Gasteiger charge is 2.19. The molecule has 0 bridgehead atoms. The molecule has 0 aliphatic carbocycles. The molecule has 0 saturated heterocycles. The summed E-state index contributed by atoms with van der Waals surface area (Å²) in [5, 5.41) is 9.16. The summed E-state index contributed by atoms with van der Waals surface area (Å²) in [6.07, 6.45) is 0. The van der Waals surface area contributed by atoms with E-state index in [1.165, 1.54) is 0 Å². The van der Waals surface area contributed by atoms with Gasteiger partial charge in [-0.15, -0.1) is 0 Å². The molecular formula is C14H19NO4. The van der Waals surface area contributed by atoms with Gasteiger partial charge in [-0.3, -0.25) is 4.90 Å². The summed E-state index contributed by atoms with van der Waals surface area (Å²) in [7, 11) is 0. The van der Waals surface area contributed by atoms with Crippen LogP contribution in [-0.2, 0) is 17.9 Å². The molecule has 1 heterocycles. The predicted molar refractivity (Wildman–Crippen MR) is 70.3 cm³/mol. The second-order valence-electron chi connectivity index (χ2n) is 4.50. The molecule has 5 nitrogen and oxygen atoms in total. The van der Waals surface area contributed by atoms with Crippen LogP contribution in [-0.4, -0.2) is 35.9 Å². The van der Waals surface area contributed by atoms with Crippen LogP contribution in [0.4, 0.5) is 0 Å². The predicted octanol–water partition coefficient (Wildman–Crippen LogP) is 2.09. The third-order valence-corrected chi connectivity index (χ3v) is 3.32. The molecule has 1 aromatic carbocycles. The quantitative estimate of drug-likeness (QED) is 0.883. The Labute approximate surface area is 112 Å². The fourth-order valence-corrected chi connectivity index (χ4v) is 2.23. The van der Waals surface area contributed by atoms with Crippen LogP contribution in [0, 0.1) is 0 Å². The Kier molecular flexibility index (Phi) is 4.39. The lowest BCUT2D eigenvalue weighted by Crippen LogP contribution is -2.24. The fraction of sp³-hybridized carbons (Fsp3) is 0.500. The monoisotopic (exact) mass is 265 g/mol. The van der Waals surface area contributed by atoms with E-state index in [9.17, 15) is 4.79 Å². The smallest absolute Gasteiger partial charge is 0.335 e. The molecule has 0 amide bonds. The summed E-state index contributed by atoms with van der Waals surface area (Å²) < 4.78 is 10.8. The normalized spacial score (nSPS) is 14.1. The van der Waals surface area contributed by atoms with Crippen LogP contribution in [0.3, 0.4) is 0 Å². The van der Waals surface area contributed by atoms with Crippen LogP contribution < -0.4 is 4.74 Å². The maximum Gasteiger partial charge on any atom is 0.335 e. The van der Waals surface area contributed by atoms with Gasteiger partial charge in [0.05, 0.1) is 12.2 Å². The second kappa shape index (κ2) is 6.04. The van der Waals surface area contributed by atoms with Crippen molar-refractivity contribution in [2.75, 3.05) is 19.9 Å². The average Bonchev–Trinajstić information content (AvgIpc) is 2.44. The minimum absolute atomic E-state index is 0.227. The second-order valence-corrected chi connectivity index (χ2v) is 4.50. The van der Waals surface area contributed by atoms with Crippen LogP contribution >= 0.6 is 0 Å². The minimum atomic E-state index is -0.922. The van der Waals surface area contributed by atoms with Gasteiger partial charge in [-0.2, -0.15) is 0 Å². The van der Waals surface area contributed by atoms with Crippen molar-refractivity contribution >= 4 is 5.97 Å². The third-order valence-electron chi connectivity index (χ3n) is 3.32. The van der Waals surface area contributed by atoms with E-state index in [-0.39, 0.29) is 12.4 Å². The van der Waals surface area contributed by atoms with Crippen molar-refractivity contribution in [2.24, 2.45) is 0 Å². The zero-order valence-electron chi connectivity index (χ0n) is 11.3. The summed E-state index contributed by atoms with van der Waals surface area (Å²) >= 11 is 0. The number of carboxylic acid groups (broad SMARTS) is 1. The number of carbonyl (C=O) groups is 1. The lowest BCUT2D eigenvalue weighted by atomic mass is 10.0. The number of ether oxygens (including phenoxy) is 2. The zero-order valence-corrected chi connectivity index (χ0v) is 11.3. The number of fused-ring (bicyclic) bond motifs is 1. The van der Waals surface area contributed by atoms with Crippen LogP contribution in [0.1, 0.15) is 35.3 Å². The van der Waals surface area contributed by atoms with Crippen molar-refractivity contribution < 1.29 is 19.4 Å². The number of nitrogens with zero attached hydrogens (tertiary/aromatic N) is 1. The topological polar surface area (TPSA) is 59.0 Å². The van der Waals surface area contributed by atoms with Gasteiger partial charge in [-0.1, -0.05) is 13.8 Å². The van der Waals surface area contributed by atoms with Crippen LogP contribution in [0.25, 0.3) is 0 Å². The Bertz CT molecular complexity index is 469. The number of benzene rings is 1. The zero-order chi connectivity index (χ0) is 13.8. The Balaban J connectivity index is 2.38. The molecule has 0 saturated carbocycles. The molecule has 0 atom stereocenters. The van der Waals surface area contributed by atoms with Crippen molar-refractivity contribution in [1.29, 1.82) is 0 Å². The van der Waals surface area contributed by atoms with E-state index in [1.807, 2.05) is 0 Å². The molecule has 1 aliphatic rings. The molecule has 19 heavy (non-hydrogen) atoms. The highest BCUT2D eigenvalue weighted by Crippen LogP contribution is 2.30. The highest BCUT2D eigenvalue weighted by molar-refractivity contribution is 5.88. The Morgan fingerprint density at radius 3 is 2.74 bits per heavy atom. The molecule has 0 aromatic heterocycles. The summed E-state index contributed by atoms with van der Waals surface area (Å²) in [6.45, 7) is 7.32. The van der Waals surface area contributed by atoms with E-state index in [1.54, 1.807) is 12.1 Å². The van der Waals surface area contributed by atoms with Crippen molar-refractivity contribution in [3.63, 3.8) is 0 Å². The Hall–Kier alpha value is -1.59. The number of carboxylic acids is 1. The van der Waals surface area contributed by atoms with Crippen molar-refractivity contribution in [2.45, 2.75) is 27.0 Å². The first kappa shape index (κ1) is 13.8. The van der Waals surface area contributed by atoms with Crippen molar-refractivity contribution in [3.05, 3.63) is 28.8 Å². The minimum Gasteiger partial charge on any atom is -0.478 e. The summed E-state index contributed by atoms with van der Waals surface area (Å²) in [6, 6.07) is 3.33. The lowest BCUT2D eigenvalue weighted by molar-refractivity contribution is -0.0175. The summed E-state index contributed by atoms with van der Waals surface area (Å²) in [5.74, 6) is -0.141. The Morgan fingerprint density at radius 1 is 1.37 bits per heavy atom. The first-order valence-corrected chi connectivity index (χ1v) is 6.47. The van der Waals surface area contributed by atoms with Gasteiger partial charge in [0.25, 0.3) is 0 Å². The van der Waals surface area contributed by atoms with Crippen molar-refractivity contribution in [3.8, 4) is 5.75 Å². The van der Waals surface area contributed by atoms with Gasteiger partial charge in [0.1, 0.15) is 5.75 Å². The molecule has 0 spiro atoms. The first-order chi connectivity index (χ1) is 9.15. The van der Waals surface area contributed by atoms with E-state index >= 15 is 0 Å².